The van der Waals surface area contributed by atoms with E-state index in [2.05, 4.69) is 10.6 Å². The summed E-state index contributed by atoms with van der Waals surface area (Å²) in [5.74, 6) is 0.692. The van der Waals surface area contributed by atoms with Crippen molar-refractivity contribution in [3.8, 4) is 0 Å². The highest BCUT2D eigenvalue weighted by Gasteiger charge is 2.17. The monoisotopic (exact) mass is 320 g/mol. The number of hydrogen-bond acceptors (Lipinski definition) is 3. The first kappa shape index (κ1) is 16.0. The fourth-order valence-electron chi connectivity index (χ4n) is 2.61. The number of rotatable bonds is 6. The Balaban J connectivity index is 1.67. The molecule has 1 amide bonds. The van der Waals surface area contributed by atoms with Gasteiger partial charge in [0.15, 0.2) is 0 Å². The molecular weight excluding hydrogens is 300 g/mol. The smallest absolute Gasteiger partial charge is 0.238 e. The topological polar surface area (TPSA) is 54.3 Å². The van der Waals surface area contributed by atoms with Crippen molar-refractivity contribution in [3.63, 3.8) is 0 Å². The van der Waals surface area contributed by atoms with Gasteiger partial charge in [-0.25, -0.2) is 0 Å². The third-order valence-corrected chi connectivity index (χ3v) is 3.73. The molecule has 2 N–H and O–H groups in total. The Kier molecular flexibility index (Phi) is 5.08. The van der Waals surface area contributed by atoms with Crippen LogP contribution in [-0.4, -0.2) is 12.5 Å². The molecule has 4 heteroatoms. The number of amides is 1. The van der Waals surface area contributed by atoms with Crippen molar-refractivity contribution in [2.24, 2.45) is 0 Å². The van der Waals surface area contributed by atoms with Crippen LogP contribution in [0, 0.1) is 6.92 Å². The van der Waals surface area contributed by atoms with Gasteiger partial charge in [0.05, 0.1) is 18.8 Å². The minimum Gasteiger partial charge on any atom is -0.467 e. The van der Waals surface area contributed by atoms with E-state index in [9.17, 15) is 4.79 Å². The molecule has 0 saturated heterocycles. The minimum atomic E-state index is -0.163. The summed E-state index contributed by atoms with van der Waals surface area (Å²) in [6.07, 6.45) is 1.64. The van der Waals surface area contributed by atoms with E-state index >= 15 is 0 Å². The zero-order valence-electron chi connectivity index (χ0n) is 13.5. The summed E-state index contributed by atoms with van der Waals surface area (Å²) in [5, 5.41) is 6.17. The van der Waals surface area contributed by atoms with Crippen molar-refractivity contribution in [3.05, 3.63) is 89.9 Å². The Bertz CT molecular complexity index is 782. The number of nitrogens with one attached hydrogen (secondary N) is 2. The van der Waals surface area contributed by atoms with Gasteiger partial charge in [0.25, 0.3) is 0 Å². The lowest BCUT2D eigenvalue weighted by atomic mass is 10.0. The number of furan rings is 1. The Morgan fingerprint density at radius 1 is 1.04 bits per heavy atom. The van der Waals surface area contributed by atoms with Gasteiger partial charge in [0.2, 0.25) is 5.91 Å². The summed E-state index contributed by atoms with van der Waals surface area (Å²) in [6.45, 7) is 2.18. The Morgan fingerprint density at radius 2 is 1.88 bits per heavy atom. The molecule has 3 rings (SSSR count). The van der Waals surface area contributed by atoms with Crippen LogP contribution in [0.3, 0.4) is 0 Å². The maximum Gasteiger partial charge on any atom is 0.238 e. The van der Waals surface area contributed by atoms with Crippen LogP contribution in [0.1, 0.15) is 22.9 Å². The molecule has 0 radical (unpaired) electrons. The van der Waals surface area contributed by atoms with Gasteiger partial charge in [-0.05, 0) is 42.3 Å². The lowest BCUT2D eigenvalue weighted by Crippen LogP contribution is -2.31. The second-order valence-corrected chi connectivity index (χ2v) is 5.66. The number of carbonyl (C=O) groups is 1. The predicted octanol–water partition coefficient (Wildman–Crippen LogP) is 3.91. The van der Waals surface area contributed by atoms with Gasteiger partial charge in [0, 0.05) is 5.69 Å². The second kappa shape index (κ2) is 7.62. The van der Waals surface area contributed by atoms with Crippen molar-refractivity contribution in [1.29, 1.82) is 0 Å². The molecule has 0 aliphatic carbocycles. The average Bonchev–Trinajstić information content (AvgIpc) is 3.10. The summed E-state index contributed by atoms with van der Waals surface area (Å²) in [4.78, 5) is 12.2. The predicted molar refractivity (Wildman–Crippen MR) is 94.8 cm³/mol. The van der Waals surface area contributed by atoms with E-state index in [1.54, 1.807) is 6.26 Å². The van der Waals surface area contributed by atoms with E-state index in [1.807, 2.05) is 73.7 Å². The Hall–Kier alpha value is -2.85. The van der Waals surface area contributed by atoms with Crippen LogP contribution >= 0.6 is 0 Å². The van der Waals surface area contributed by atoms with Crippen LogP contribution in [0.4, 0.5) is 5.69 Å². The van der Waals surface area contributed by atoms with Gasteiger partial charge in [-0.1, -0.05) is 42.5 Å². The van der Waals surface area contributed by atoms with Crippen LogP contribution in [0.5, 0.6) is 0 Å². The molecular formula is C20H20N2O2. The molecule has 122 valence electrons. The molecule has 0 bridgehead atoms. The van der Waals surface area contributed by atoms with E-state index in [0.717, 1.165) is 22.6 Å². The summed E-state index contributed by atoms with van der Waals surface area (Å²) in [7, 11) is 0. The highest BCUT2D eigenvalue weighted by molar-refractivity contribution is 5.92. The highest BCUT2D eigenvalue weighted by Crippen LogP contribution is 2.22. The van der Waals surface area contributed by atoms with Crippen molar-refractivity contribution < 1.29 is 9.21 Å². The quantitative estimate of drug-likeness (QED) is 0.724. The molecule has 0 aliphatic rings. The fraction of sp³-hybridized carbons (Fsp3) is 0.150. The third-order valence-electron chi connectivity index (χ3n) is 3.73. The summed E-state index contributed by atoms with van der Waals surface area (Å²) < 4.78 is 5.52. The van der Waals surface area contributed by atoms with E-state index < -0.39 is 0 Å². The first-order valence-electron chi connectivity index (χ1n) is 7.90. The SMILES string of the molecule is Cc1cccc(NC(=O)CN[C@H](c2ccccc2)c2ccco2)c1. The number of hydrogen-bond donors (Lipinski definition) is 2. The fourth-order valence-corrected chi connectivity index (χ4v) is 2.61. The Morgan fingerprint density at radius 3 is 2.58 bits per heavy atom. The van der Waals surface area contributed by atoms with Gasteiger partial charge >= 0.3 is 0 Å². The minimum absolute atomic E-state index is 0.0897. The summed E-state index contributed by atoms with van der Waals surface area (Å²) >= 11 is 0. The van der Waals surface area contributed by atoms with Crippen LogP contribution in [0.2, 0.25) is 0 Å². The molecule has 1 atom stereocenters. The van der Waals surface area contributed by atoms with Crippen LogP contribution in [-0.2, 0) is 4.79 Å². The molecule has 0 spiro atoms. The van der Waals surface area contributed by atoms with Gasteiger partial charge in [-0.2, -0.15) is 0 Å². The number of carbonyl (C=O) groups excluding carboxylic acids is 1. The van der Waals surface area contributed by atoms with E-state index in [1.165, 1.54) is 0 Å². The molecule has 1 heterocycles. The summed E-state index contributed by atoms with van der Waals surface area (Å²) in [5.41, 5.74) is 2.96. The van der Waals surface area contributed by atoms with Crippen molar-refractivity contribution >= 4 is 11.6 Å². The van der Waals surface area contributed by atoms with Crippen molar-refractivity contribution in [2.75, 3.05) is 11.9 Å². The number of anilines is 1. The maximum absolute atomic E-state index is 12.2. The summed E-state index contributed by atoms with van der Waals surface area (Å²) in [6, 6.07) is 21.3. The van der Waals surface area contributed by atoms with E-state index in [-0.39, 0.29) is 18.5 Å². The standard InChI is InChI=1S/C20H20N2O2/c1-15-7-5-10-17(13-15)22-19(23)14-21-20(18-11-6-12-24-18)16-8-3-2-4-9-16/h2-13,20-21H,14H2,1H3,(H,22,23)/t20-/m1/s1. The molecule has 0 fully saturated rings. The lowest BCUT2D eigenvalue weighted by molar-refractivity contribution is -0.115. The van der Waals surface area contributed by atoms with Gasteiger partial charge in [-0.3, -0.25) is 10.1 Å². The van der Waals surface area contributed by atoms with E-state index in [4.69, 9.17) is 4.42 Å². The molecule has 24 heavy (non-hydrogen) atoms. The molecule has 0 unspecified atom stereocenters. The normalized spacial score (nSPS) is 11.9. The average molecular weight is 320 g/mol. The highest BCUT2D eigenvalue weighted by atomic mass is 16.3. The molecule has 0 saturated carbocycles. The zero-order chi connectivity index (χ0) is 16.8. The lowest BCUT2D eigenvalue weighted by Gasteiger charge is -2.17. The largest absolute Gasteiger partial charge is 0.467 e. The van der Waals surface area contributed by atoms with Crippen molar-refractivity contribution in [2.45, 2.75) is 13.0 Å². The third kappa shape index (κ3) is 4.12. The van der Waals surface area contributed by atoms with Crippen LogP contribution in [0.15, 0.2) is 77.4 Å². The first-order valence-corrected chi connectivity index (χ1v) is 7.90. The van der Waals surface area contributed by atoms with Gasteiger partial charge < -0.3 is 9.73 Å². The van der Waals surface area contributed by atoms with E-state index in [0.29, 0.717) is 0 Å². The van der Waals surface area contributed by atoms with Gasteiger partial charge in [-0.15, -0.1) is 0 Å². The number of benzene rings is 2. The number of aryl methyl sites for hydroxylation is 1. The maximum atomic E-state index is 12.2. The van der Waals surface area contributed by atoms with Gasteiger partial charge in [0.1, 0.15) is 5.76 Å². The molecule has 0 aliphatic heterocycles. The van der Waals surface area contributed by atoms with Crippen molar-refractivity contribution in [1.82, 2.24) is 5.32 Å². The van der Waals surface area contributed by atoms with Crippen LogP contribution < -0.4 is 10.6 Å². The molecule has 3 aromatic rings. The second-order valence-electron chi connectivity index (χ2n) is 5.66. The molecule has 2 aromatic carbocycles. The Labute approximate surface area is 141 Å². The first-order chi connectivity index (χ1) is 11.7. The van der Waals surface area contributed by atoms with Crippen LogP contribution in [0.25, 0.3) is 0 Å². The molecule has 4 nitrogen and oxygen atoms in total. The zero-order valence-corrected chi connectivity index (χ0v) is 13.5. The molecule has 1 aromatic heterocycles.